The fourth-order valence-corrected chi connectivity index (χ4v) is 4.26. The lowest BCUT2D eigenvalue weighted by atomic mass is 9.86. The van der Waals surface area contributed by atoms with Gasteiger partial charge in [-0.3, -0.25) is 4.79 Å². The summed E-state index contributed by atoms with van der Waals surface area (Å²) in [6.45, 7) is 8.31. The number of piperidine rings is 1. The molecule has 2 heterocycles. The molecule has 0 atom stereocenters. The van der Waals surface area contributed by atoms with Gasteiger partial charge in [0.25, 0.3) is 5.91 Å². The zero-order chi connectivity index (χ0) is 19.5. The van der Waals surface area contributed by atoms with Gasteiger partial charge in [0.2, 0.25) is 0 Å². The summed E-state index contributed by atoms with van der Waals surface area (Å²) in [6.07, 6.45) is 2.56. The third-order valence-corrected chi connectivity index (χ3v) is 6.11. The number of anilines is 2. The molecule has 2 aliphatic rings. The van der Waals surface area contributed by atoms with E-state index in [9.17, 15) is 4.79 Å². The number of morpholine rings is 1. The van der Waals surface area contributed by atoms with Gasteiger partial charge >= 0.3 is 0 Å². The Morgan fingerprint density at radius 2 is 1.79 bits per heavy atom. The maximum atomic E-state index is 12.1. The molecule has 0 N–H and O–H groups in total. The minimum absolute atomic E-state index is 0.0172. The molecule has 4 rings (SSSR count). The molecule has 4 nitrogen and oxygen atoms in total. The highest BCUT2D eigenvalue weighted by molar-refractivity contribution is 5.95. The van der Waals surface area contributed by atoms with Gasteiger partial charge in [-0.2, -0.15) is 0 Å². The van der Waals surface area contributed by atoms with Crippen LogP contribution in [0.4, 0.5) is 11.4 Å². The Hall–Kier alpha value is -2.33. The highest BCUT2D eigenvalue weighted by atomic mass is 16.5. The average molecular weight is 378 g/mol. The number of hydrogen-bond acceptors (Lipinski definition) is 3. The van der Waals surface area contributed by atoms with Crippen LogP contribution in [0.15, 0.2) is 42.5 Å². The molecule has 4 heteroatoms. The fourth-order valence-electron chi connectivity index (χ4n) is 4.26. The molecule has 2 aromatic carbocycles. The lowest BCUT2D eigenvalue weighted by Crippen LogP contribution is -2.41. The monoisotopic (exact) mass is 377 g/mol. The van der Waals surface area contributed by atoms with Crippen molar-refractivity contribution in [3.8, 4) is 11.1 Å². The molecule has 147 valence electrons. The Morgan fingerprint density at radius 1 is 1.04 bits per heavy atom. The summed E-state index contributed by atoms with van der Waals surface area (Å²) in [5.41, 5.74) is 4.36. The zero-order valence-electron chi connectivity index (χ0n) is 16.9. The standard InChI is InChI=1S/C24H29N2O2/c1-18(2)19-10-12-25(13-11-19)22-8-6-20(7-9-22)21-4-3-5-23(16-21)26-14-15-28-17-24(26)27/h3,5-9,16,18-19H,10-15,17H2,1-2H3. The molecular weight excluding hydrogens is 348 g/mol. The van der Waals surface area contributed by atoms with Crippen molar-refractivity contribution in [2.24, 2.45) is 11.8 Å². The number of benzene rings is 2. The number of nitrogens with zero attached hydrogens (tertiary/aromatic N) is 2. The topological polar surface area (TPSA) is 32.8 Å². The molecule has 0 bridgehead atoms. The van der Waals surface area contributed by atoms with Crippen LogP contribution in [0.3, 0.4) is 0 Å². The SMILES string of the molecule is CC(C)C1CCN(c2ccc(-c3[c]ccc(N4CCOCC4=O)c3)cc2)CC1. The van der Waals surface area contributed by atoms with Gasteiger partial charge in [0.15, 0.2) is 0 Å². The first-order valence-corrected chi connectivity index (χ1v) is 10.4. The van der Waals surface area contributed by atoms with Crippen LogP contribution < -0.4 is 9.80 Å². The quantitative estimate of drug-likeness (QED) is 0.792. The smallest absolute Gasteiger partial charge is 0.253 e. The van der Waals surface area contributed by atoms with Gasteiger partial charge in [0.1, 0.15) is 6.61 Å². The largest absolute Gasteiger partial charge is 0.372 e. The van der Waals surface area contributed by atoms with Gasteiger partial charge in [-0.05, 0) is 66.1 Å². The predicted octanol–water partition coefficient (Wildman–Crippen LogP) is 4.39. The Kier molecular flexibility index (Phi) is 5.67. The first-order valence-electron chi connectivity index (χ1n) is 10.4. The molecule has 0 aromatic heterocycles. The summed E-state index contributed by atoms with van der Waals surface area (Å²) in [5.74, 6) is 1.66. The van der Waals surface area contributed by atoms with Crippen LogP contribution in [0.2, 0.25) is 0 Å². The number of hydrogen-bond donors (Lipinski definition) is 0. The van der Waals surface area contributed by atoms with Crippen molar-refractivity contribution < 1.29 is 9.53 Å². The number of carbonyl (C=O) groups is 1. The van der Waals surface area contributed by atoms with Crippen molar-refractivity contribution in [1.82, 2.24) is 0 Å². The minimum Gasteiger partial charge on any atom is -0.372 e. The predicted molar refractivity (Wildman–Crippen MR) is 114 cm³/mol. The van der Waals surface area contributed by atoms with Crippen LogP contribution in [0.5, 0.6) is 0 Å². The summed E-state index contributed by atoms with van der Waals surface area (Å²) < 4.78 is 5.24. The molecule has 0 aliphatic carbocycles. The summed E-state index contributed by atoms with van der Waals surface area (Å²) in [5, 5.41) is 0. The summed E-state index contributed by atoms with van der Waals surface area (Å²) in [7, 11) is 0. The average Bonchev–Trinajstić information content (AvgIpc) is 2.74. The van der Waals surface area contributed by atoms with E-state index < -0.39 is 0 Å². The lowest BCUT2D eigenvalue weighted by Gasteiger charge is -2.35. The van der Waals surface area contributed by atoms with Gasteiger partial charge in [0, 0.05) is 31.0 Å². The third kappa shape index (κ3) is 4.07. The van der Waals surface area contributed by atoms with E-state index >= 15 is 0 Å². The molecule has 2 aliphatic heterocycles. The van der Waals surface area contributed by atoms with Gasteiger partial charge < -0.3 is 14.5 Å². The number of amides is 1. The Bertz CT molecular complexity index is 808. The molecule has 0 spiro atoms. The molecular formula is C24H29N2O2. The van der Waals surface area contributed by atoms with Crippen molar-refractivity contribution in [3.05, 3.63) is 48.5 Å². The van der Waals surface area contributed by atoms with E-state index in [0.29, 0.717) is 13.2 Å². The Morgan fingerprint density at radius 3 is 2.46 bits per heavy atom. The van der Waals surface area contributed by atoms with E-state index in [-0.39, 0.29) is 12.5 Å². The molecule has 1 amide bonds. The fraction of sp³-hybridized carbons (Fsp3) is 0.458. The second kappa shape index (κ2) is 8.36. The maximum absolute atomic E-state index is 12.1. The number of rotatable bonds is 4. The van der Waals surface area contributed by atoms with E-state index in [0.717, 1.165) is 41.7 Å². The maximum Gasteiger partial charge on any atom is 0.253 e. The van der Waals surface area contributed by atoms with E-state index in [1.807, 2.05) is 18.2 Å². The van der Waals surface area contributed by atoms with Crippen LogP contribution in [0, 0.1) is 17.9 Å². The van der Waals surface area contributed by atoms with E-state index in [1.54, 1.807) is 4.90 Å². The van der Waals surface area contributed by atoms with Crippen molar-refractivity contribution in [2.45, 2.75) is 26.7 Å². The lowest BCUT2D eigenvalue weighted by molar-refractivity contribution is -0.125. The van der Waals surface area contributed by atoms with Crippen LogP contribution in [0.1, 0.15) is 26.7 Å². The molecule has 2 fully saturated rings. The number of carbonyl (C=O) groups excluding carboxylic acids is 1. The molecule has 2 saturated heterocycles. The molecule has 28 heavy (non-hydrogen) atoms. The Balaban J connectivity index is 1.47. The van der Waals surface area contributed by atoms with E-state index in [4.69, 9.17) is 4.74 Å². The first kappa shape index (κ1) is 19.0. The van der Waals surface area contributed by atoms with E-state index in [2.05, 4.69) is 49.1 Å². The van der Waals surface area contributed by atoms with Gasteiger partial charge in [-0.1, -0.05) is 32.0 Å². The molecule has 1 radical (unpaired) electrons. The van der Waals surface area contributed by atoms with Crippen LogP contribution in [-0.2, 0) is 9.53 Å². The summed E-state index contributed by atoms with van der Waals surface area (Å²) in [4.78, 5) is 16.4. The highest BCUT2D eigenvalue weighted by Gasteiger charge is 2.22. The summed E-state index contributed by atoms with van der Waals surface area (Å²) in [6, 6.07) is 18.0. The van der Waals surface area contributed by atoms with Crippen LogP contribution in [0.25, 0.3) is 11.1 Å². The first-order chi connectivity index (χ1) is 13.6. The molecule has 0 saturated carbocycles. The third-order valence-electron chi connectivity index (χ3n) is 6.11. The van der Waals surface area contributed by atoms with E-state index in [1.165, 1.54) is 18.5 Å². The van der Waals surface area contributed by atoms with Gasteiger partial charge in [-0.25, -0.2) is 0 Å². The van der Waals surface area contributed by atoms with Crippen molar-refractivity contribution in [1.29, 1.82) is 0 Å². The minimum atomic E-state index is 0.0172. The van der Waals surface area contributed by atoms with Crippen molar-refractivity contribution >= 4 is 17.3 Å². The highest BCUT2D eigenvalue weighted by Crippen LogP contribution is 2.30. The summed E-state index contributed by atoms with van der Waals surface area (Å²) >= 11 is 0. The van der Waals surface area contributed by atoms with Crippen molar-refractivity contribution in [3.63, 3.8) is 0 Å². The second-order valence-electron chi connectivity index (χ2n) is 8.17. The Labute approximate surface area is 168 Å². The van der Waals surface area contributed by atoms with Gasteiger partial charge in [-0.15, -0.1) is 0 Å². The van der Waals surface area contributed by atoms with Crippen LogP contribution >= 0.6 is 0 Å². The number of ether oxygens (including phenoxy) is 1. The van der Waals surface area contributed by atoms with Crippen LogP contribution in [-0.4, -0.2) is 38.8 Å². The zero-order valence-corrected chi connectivity index (χ0v) is 16.9. The molecule has 2 aromatic rings. The van der Waals surface area contributed by atoms with Gasteiger partial charge in [0.05, 0.1) is 6.61 Å². The van der Waals surface area contributed by atoms with Crippen molar-refractivity contribution in [2.75, 3.05) is 42.6 Å². The molecule has 0 unspecified atom stereocenters. The second-order valence-corrected chi connectivity index (χ2v) is 8.17. The normalized spacial score (nSPS) is 18.8.